The number of hydrogen-bond acceptors (Lipinski definition) is 2. The summed E-state index contributed by atoms with van der Waals surface area (Å²) >= 11 is 0. The summed E-state index contributed by atoms with van der Waals surface area (Å²) < 4.78 is 0. The van der Waals surface area contributed by atoms with Crippen molar-refractivity contribution in [3.05, 3.63) is 11.6 Å². The highest BCUT2D eigenvalue weighted by Crippen LogP contribution is 2.25. The molecule has 1 amide bonds. The van der Waals surface area contributed by atoms with Crippen molar-refractivity contribution in [2.45, 2.75) is 63.8 Å². The summed E-state index contributed by atoms with van der Waals surface area (Å²) in [6.45, 7) is 0. The van der Waals surface area contributed by atoms with Crippen LogP contribution in [0.2, 0.25) is 0 Å². The maximum Gasteiger partial charge on any atom is 0.306 e. The molecule has 2 rings (SSSR count). The Morgan fingerprint density at radius 3 is 2.53 bits per heavy atom. The summed E-state index contributed by atoms with van der Waals surface area (Å²) in [6, 6.07) is 0.173. The number of allylic oxidation sites excluding steroid dienone is 1. The molecular weight excluding hydrogens is 242 g/mol. The molecule has 0 heterocycles. The molecule has 0 radical (unpaired) electrons. The van der Waals surface area contributed by atoms with Crippen LogP contribution in [0, 0.1) is 5.92 Å². The molecule has 2 N–H and O–H groups in total. The van der Waals surface area contributed by atoms with Crippen molar-refractivity contribution < 1.29 is 14.7 Å². The number of carboxylic acids is 1. The predicted octanol–water partition coefficient (Wildman–Crippen LogP) is 2.64. The highest BCUT2D eigenvalue weighted by atomic mass is 16.4. The van der Waals surface area contributed by atoms with Crippen LogP contribution in [0.1, 0.15) is 57.8 Å². The Morgan fingerprint density at radius 1 is 1.21 bits per heavy atom. The van der Waals surface area contributed by atoms with Crippen LogP contribution in [-0.4, -0.2) is 23.0 Å². The van der Waals surface area contributed by atoms with Gasteiger partial charge in [-0.2, -0.15) is 0 Å². The number of hydrogen-bond donors (Lipinski definition) is 2. The first-order chi connectivity index (χ1) is 9.15. The molecule has 0 spiro atoms. The molecule has 1 fully saturated rings. The molecule has 0 unspecified atom stereocenters. The molecule has 0 aromatic rings. The summed E-state index contributed by atoms with van der Waals surface area (Å²) in [5.74, 6) is -0.807. The fourth-order valence-electron chi connectivity index (χ4n) is 3.03. The van der Waals surface area contributed by atoms with E-state index in [2.05, 4.69) is 11.4 Å². The zero-order valence-corrected chi connectivity index (χ0v) is 11.4. The average Bonchev–Trinajstić information content (AvgIpc) is 2.40. The number of carboxylic acid groups (broad SMARTS) is 1. The van der Waals surface area contributed by atoms with E-state index in [0.29, 0.717) is 19.3 Å². The normalized spacial score (nSPS) is 27.5. The van der Waals surface area contributed by atoms with Crippen LogP contribution >= 0.6 is 0 Å². The van der Waals surface area contributed by atoms with Crippen molar-refractivity contribution in [3.63, 3.8) is 0 Å². The lowest BCUT2D eigenvalue weighted by Crippen LogP contribution is -2.38. The van der Waals surface area contributed by atoms with Crippen LogP contribution in [0.5, 0.6) is 0 Å². The standard InChI is InChI=1S/C15H23NO3/c17-14(10-11-4-2-1-3-5-11)16-13-8-6-12(7-9-13)15(18)19/h4,12-13H,1-3,5-10H2,(H,16,17)(H,18,19). The van der Waals surface area contributed by atoms with E-state index in [0.717, 1.165) is 25.7 Å². The largest absolute Gasteiger partial charge is 0.481 e. The molecule has 0 atom stereocenters. The summed E-state index contributed by atoms with van der Waals surface area (Å²) in [6.07, 6.45) is 10.3. The quantitative estimate of drug-likeness (QED) is 0.768. The number of rotatable bonds is 4. The van der Waals surface area contributed by atoms with Crippen molar-refractivity contribution in [3.8, 4) is 0 Å². The Morgan fingerprint density at radius 2 is 1.95 bits per heavy atom. The second-order valence-electron chi connectivity index (χ2n) is 5.74. The second kappa shape index (κ2) is 6.73. The molecule has 2 aliphatic carbocycles. The van der Waals surface area contributed by atoms with E-state index >= 15 is 0 Å². The first-order valence-corrected chi connectivity index (χ1v) is 7.35. The number of nitrogens with one attached hydrogen (secondary N) is 1. The highest BCUT2D eigenvalue weighted by molar-refractivity contribution is 5.79. The van der Waals surface area contributed by atoms with E-state index in [1.165, 1.54) is 18.4 Å². The lowest BCUT2D eigenvalue weighted by atomic mass is 9.86. The second-order valence-corrected chi connectivity index (χ2v) is 5.74. The molecule has 0 aromatic heterocycles. The highest BCUT2D eigenvalue weighted by Gasteiger charge is 2.26. The molecule has 1 saturated carbocycles. The first kappa shape index (κ1) is 14.1. The van der Waals surface area contributed by atoms with E-state index in [-0.39, 0.29) is 17.9 Å². The Bertz CT molecular complexity index is 368. The Hall–Kier alpha value is -1.32. The van der Waals surface area contributed by atoms with Gasteiger partial charge in [0.25, 0.3) is 0 Å². The fourth-order valence-corrected chi connectivity index (χ4v) is 3.03. The SMILES string of the molecule is O=C(CC1=CCCCC1)NC1CCC(C(=O)O)CC1. The van der Waals surface area contributed by atoms with Crippen LogP contribution in [0.25, 0.3) is 0 Å². The van der Waals surface area contributed by atoms with E-state index in [9.17, 15) is 9.59 Å². The Balaban J connectivity index is 1.71. The molecular formula is C15H23NO3. The molecule has 4 nitrogen and oxygen atoms in total. The molecule has 0 saturated heterocycles. The van der Waals surface area contributed by atoms with Gasteiger partial charge in [-0.05, 0) is 51.4 Å². The number of amides is 1. The smallest absolute Gasteiger partial charge is 0.306 e. The van der Waals surface area contributed by atoms with Gasteiger partial charge in [-0.15, -0.1) is 0 Å². The van der Waals surface area contributed by atoms with Gasteiger partial charge in [0.2, 0.25) is 5.91 Å². The Labute approximate surface area is 114 Å². The van der Waals surface area contributed by atoms with E-state index < -0.39 is 5.97 Å². The van der Waals surface area contributed by atoms with Crippen molar-refractivity contribution in [1.29, 1.82) is 0 Å². The zero-order valence-electron chi connectivity index (χ0n) is 11.4. The topological polar surface area (TPSA) is 66.4 Å². The lowest BCUT2D eigenvalue weighted by molar-refractivity contribution is -0.142. The maximum absolute atomic E-state index is 11.9. The number of carbonyl (C=O) groups excluding carboxylic acids is 1. The van der Waals surface area contributed by atoms with Crippen molar-refractivity contribution in [2.75, 3.05) is 0 Å². The van der Waals surface area contributed by atoms with Crippen molar-refractivity contribution >= 4 is 11.9 Å². The lowest BCUT2D eigenvalue weighted by Gasteiger charge is -2.27. The predicted molar refractivity (Wildman–Crippen MR) is 72.7 cm³/mol. The molecule has 0 aliphatic heterocycles. The van der Waals surface area contributed by atoms with E-state index in [1.807, 2.05) is 0 Å². The van der Waals surface area contributed by atoms with Gasteiger partial charge in [-0.25, -0.2) is 0 Å². The van der Waals surface area contributed by atoms with E-state index in [4.69, 9.17) is 5.11 Å². The van der Waals surface area contributed by atoms with E-state index in [1.54, 1.807) is 0 Å². The summed E-state index contributed by atoms with van der Waals surface area (Å²) in [5.41, 5.74) is 1.27. The van der Waals surface area contributed by atoms with Gasteiger partial charge in [-0.1, -0.05) is 11.6 Å². The van der Waals surface area contributed by atoms with Gasteiger partial charge in [0.05, 0.1) is 5.92 Å². The Kier molecular flexibility index (Phi) is 5.00. The summed E-state index contributed by atoms with van der Waals surface area (Å²) in [7, 11) is 0. The zero-order chi connectivity index (χ0) is 13.7. The van der Waals surface area contributed by atoms with Gasteiger partial charge < -0.3 is 10.4 Å². The minimum Gasteiger partial charge on any atom is -0.481 e. The third kappa shape index (κ3) is 4.37. The molecule has 4 heteroatoms. The van der Waals surface area contributed by atoms with Crippen LogP contribution < -0.4 is 5.32 Å². The third-order valence-corrected chi connectivity index (χ3v) is 4.21. The maximum atomic E-state index is 11.9. The van der Waals surface area contributed by atoms with Gasteiger partial charge in [0.1, 0.15) is 0 Å². The van der Waals surface area contributed by atoms with Gasteiger partial charge in [0, 0.05) is 12.5 Å². The molecule has 2 aliphatic rings. The minimum absolute atomic E-state index is 0.104. The van der Waals surface area contributed by atoms with Crippen LogP contribution in [0.15, 0.2) is 11.6 Å². The summed E-state index contributed by atoms with van der Waals surface area (Å²) in [5, 5.41) is 12.0. The van der Waals surface area contributed by atoms with Gasteiger partial charge in [0.15, 0.2) is 0 Å². The monoisotopic (exact) mass is 265 g/mol. The van der Waals surface area contributed by atoms with Gasteiger partial charge in [-0.3, -0.25) is 9.59 Å². The summed E-state index contributed by atoms with van der Waals surface area (Å²) in [4.78, 5) is 22.8. The first-order valence-electron chi connectivity index (χ1n) is 7.35. The minimum atomic E-state index is -0.697. The van der Waals surface area contributed by atoms with Crippen molar-refractivity contribution in [2.24, 2.45) is 5.92 Å². The van der Waals surface area contributed by atoms with Crippen LogP contribution in [0.3, 0.4) is 0 Å². The molecule has 106 valence electrons. The third-order valence-electron chi connectivity index (χ3n) is 4.21. The molecule has 0 aromatic carbocycles. The average molecular weight is 265 g/mol. The molecule has 0 bridgehead atoms. The fraction of sp³-hybridized carbons (Fsp3) is 0.733. The molecule has 19 heavy (non-hydrogen) atoms. The number of carbonyl (C=O) groups is 2. The number of aliphatic carboxylic acids is 1. The van der Waals surface area contributed by atoms with Crippen LogP contribution in [0.4, 0.5) is 0 Å². The van der Waals surface area contributed by atoms with Crippen molar-refractivity contribution in [1.82, 2.24) is 5.32 Å². The van der Waals surface area contributed by atoms with Gasteiger partial charge >= 0.3 is 5.97 Å². The van der Waals surface area contributed by atoms with Crippen LogP contribution in [-0.2, 0) is 9.59 Å².